The average molecular weight is 375 g/mol. The lowest BCUT2D eigenvalue weighted by Gasteiger charge is -2.27. The van der Waals surface area contributed by atoms with Crippen molar-refractivity contribution < 1.29 is 9.53 Å². The number of pyridine rings is 1. The highest BCUT2D eigenvalue weighted by atomic mass is 16.5. The van der Waals surface area contributed by atoms with Crippen LogP contribution in [-0.4, -0.2) is 52.1 Å². The second-order valence-electron chi connectivity index (χ2n) is 6.57. The van der Waals surface area contributed by atoms with Crippen molar-refractivity contribution in [1.29, 1.82) is 0 Å². The topological polar surface area (TPSA) is 80.2 Å². The first-order chi connectivity index (χ1) is 13.7. The number of hydrogen-bond donors (Lipinski definition) is 1. The van der Waals surface area contributed by atoms with E-state index in [0.29, 0.717) is 37.8 Å². The van der Waals surface area contributed by atoms with Gasteiger partial charge < -0.3 is 15.0 Å². The molecule has 28 heavy (non-hydrogen) atoms. The lowest BCUT2D eigenvalue weighted by atomic mass is 10.1. The number of aromatic nitrogens is 3. The van der Waals surface area contributed by atoms with Gasteiger partial charge in [0.25, 0.3) is 5.91 Å². The number of nitrogens with zero attached hydrogens (tertiary/aromatic N) is 4. The van der Waals surface area contributed by atoms with Crippen molar-refractivity contribution >= 4 is 17.5 Å². The summed E-state index contributed by atoms with van der Waals surface area (Å²) >= 11 is 0. The average Bonchev–Trinajstić information content (AvgIpc) is 2.76. The molecule has 0 radical (unpaired) electrons. The molecule has 0 saturated carbocycles. The molecule has 3 aromatic rings. The summed E-state index contributed by atoms with van der Waals surface area (Å²) in [7, 11) is 0. The predicted molar refractivity (Wildman–Crippen MR) is 106 cm³/mol. The largest absolute Gasteiger partial charge is 0.378 e. The van der Waals surface area contributed by atoms with E-state index in [-0.39, 0.29) is 5.91 Å². The molecule has 1 fully saturated rings. The van der Waals surface area contributed by atoms with Gasteiger partial charge in [-0.15, -0.1) is 0 Å². The van der Waals surface area contributed by atoms with Gasteiger partial charge in [0, 0.05) is 48.5 Å². The molecule has 1 saturated heterocycles. The van der Waals surface area contributed by atoms with E-state index >= 15 is 0 Å². The lowest BCUT2D eigenvalue weighted by molar-refractivity contribution is 0.0303. The minimum absolute atomic E-state index is 0.0105. The standard InChI is InChI=1S/C21H21N5O2/c1-15-4-5-16(20(27)26-9-11-28-12-10-26)13-19(15)25-21-23-8-6-18(24-21)17-3-2-7-22-14-17/h2-8,13-14H,9-12H2,1H3,(H,23,24,25). The second kappa shape index (κ2) is 8.14. The lowest BCUT2D eigenvalue weighted by Crippen LogP contribution is -2.40. The molecule has 1 aliphatic rings. The van der Waals surface area contributed by atoms with Crippen molar-refractivity contribution in [2.75, 3.05) is 31.6 Å². The number of amides is 1. The molecular formula is C21H21N5O2. The molecule has 7 heteroatoms. The Morgan fingerprint density at radius 3 is 2.79 bits per heavy atom. The van der Waals surface area contributed by atoms with E-state index in [4.69, 9.17) is 4.74 Å². The summed E-state index contributed by atoms with van der Waals surface area (Å²) in [5.41, 5.74) is 4.15. The van der Waals surface area contributed by atoms with Gasteiger partial charge in [-0.05, 0) is 42.8 Å². The van der Waals surface area contributed by atoms with Gasteiger partial charge >= 0.3 is 0 Å². The zero-order valence-electron chi connectivity index (χ0n) is 15.6. The molecular weight excluding hydrogens is 354 g/mol. The van der Waals surface area contributed by atoms with Gasteiger partial charge in [0.15, 0.2) is 0 Å². The number of benzene rings is 1. The summed E-state index contributed by atoms with van der Waals surface area (Å²) in [6, 6.07) is 11.3. The van der Waals surface area contributed by atoms with E-state index in [1.807, 2.05) is 48.2 Å². The Balaban J connectivity index is 1.57. The maximum atomic E-state index is 12.8. The Morgan fingerprint density at radius 1 is 1.14 bits per heavy atom. The quantitative estimate of drug-likeness (QED) is 0.755. The van der Waals surface area contributed by atoms with Crippen LogP contribution in [0, 0.1) is 6.92 Å². The van der Waals surface area contributed by atoms with Crippen LogP contribution in [0.25, 0.3) is 11.3 Å². The molecule has 0 aliphatic carbocycles. The van der Waals surface area contributed by atoms with Crippen LogP contribution in [0.3, 0.4) is 0 Å². The highest BCUT2D eigenvalue weighted by molar-refractivity contribution is 5.95. The number of morpholine rings is 1. The second-order valence-corrected chi connectivity index (χ2v) is 6.57. The van der Waals surface area contributed by atoms with E-state index in [2.05, 4.69) is 20.3 Å². The Labute approximate surface area is 163 Å². The zero-order chi connectivity index (χ0) is 19.3. The number of nitrogens with one attached hydrogen (secondary N) is 1. The van der Waals surface area contributed by atoms with Crippen LogP contribution in [0.15, 0.2) is 55.0 Å². The van der Waals surface area contributed by atoms with Crippen molar-refractivity contribution in [2.45, 2.75) is 6.92 Å². The van der Waals surface area contributed by atoms with Crippen LogP contribution in [0.2, 0.25) is 0 Å². The molecule has 1 aliphatic heterocycles. The fourth-order valence-corrected chi connectivity index (χ4v) is 3.05. The molecule has 7 nitrogen and oxygen atoms in total. The zero-order valence-corrected chi connectivity index (χ0v) is 15.6. The van der Waals surface area contributed by atoms with Gasteiger partial charge in [0.05, 0.1) is 18.9 Å². The van der Waals surface area contributed by atoms with Crippen molar-refractivity contribution in [1.82, 2.24) is 19.9 Å². The molecule has 2 aromatic heterocycles. The Morgan fingerprint density at radius 2 is 2.00 bits per heavy atom. The number of rotatable bonds is 4. The van der Waals surface area contributed by atoms with Gasteiger partial charge in [0.1, 0.15) is 0 Å². The Hall–Kier alpha value is -3.32. The van der Waals surface area contributed by atoms with Crippen LogP contribution in [-0.2, 0) is 4.74 Å². The summed E-state index contributed by atoms with van der Waals surface area (Å²) in [6.07, 6.45) is 5.19. The molecule has 0 bridgehead atoms. The maximum Gasteiger partial charge on any atom is 0.254 e. The van der Waals surface area contributed by atoms with Crippen LogP contribution in [0.1, 0.15) is 15.9 Å². The van der Waals surface area contributed by atoms with E-state index in [0.717, 1.165) is 22.5 Å². The number of carbonyl (C=O) groups excluding carboxylic acids is 1. The van der Waals surface area contributed by atoms with E-state index in [1.165, 1.54) is 0 Å². The molecule has 1 N–H and O–H groups in total. The highest BCUT2D eigenvalue weighted by Gasteiger charge is 2.19. The van der Waals surface area contributed by atoms with Crippen LogP contribution in [0.5, 0.6) is 0 Å². The van der Waals surface area contributed by atoms with Crippen LogP contribution >= 0.6 is 0 Å². The van der Waals surface area contributed by atoms with E-state index in [1.54, 1.807) is 18.6 Å². The number of carbonyl (C=O) groups is 1. The van der Waals surface area contributed by atoms with Crippen LogP contribution in [0.4, 0.5) is 11.6 Å². The number of aryl methyl sites for hydroxylation is 1. The molecule has 4 rings (SSSR count). The smallest absolute Gasteiger partial charge is 0.254 e. The van der Waals surface area contributed by atoms with Crippen LogP contribution < -0.4 is 5.32 Å². The third-order valence-corrected chi connectivity index (χ3v) is 4.64. The molecule has 1 aromatic carbocycles. The number of anilines is 2. The number of hydrogen-bond acceptors (Lipinski definition) is 6. The summed E-state index contributed by atoms with van der Waals surface area (Å²) in [5.74, 6) is 0.483. The fourth-order valence-electron chi connectivity index (χ4n) is 3.05. The molecule has 1 amide bonds. The third-order valence-electron chi connectivity index (χ3n) is 4.64. The molecule has 0 unspecified atom stereocenters. The van der Waals surface area contributed by atoms with Gasteiger partial charge in [-0.1, -0.05) is 6.07 Å². The van der Waals surface area contributed by atoms with Crippen molar-refractivity contribution in [3.05, 3.63) is 66.1 Å². The summed E-state index contributed by atoms with van der Waals surface area (Å²) in [5, 5.41) is 3.24. The predicted octanol–water partition coefficient (Wildman–Crippen LogP) is 3.06. The Kier molecular flexibility index (Phi) is 5.25. The van der Waals surface area contributed by atoms with E-state index in [9.17, 15) is 4.79 Å². The molecule has 0 atom stereocenters. The Bertz CT molecular complexity index is 972. The third kappa shape index (κ3) is 3.99. The van der Waals surface area contributed by atoms with Crippen molar-refractivity contribution in [3.63, 3.8) is 0 Å². The molecule has 0 spiro atoms. The number of ether oxygens (including phenoxy) is 1. The minimum Gasteiger partial charge on any atom is -0.378 e. The fraction of sp³-hybridized carbons (Fsp3) is 0.238. The first kappa shape index (κ1) is 18.1. The van der Waals surface area contributed by atoms with Gasteiger partial charge in [-0.2, -0.15) is 0 Å². The minimum atomic E-state index is 0.0105. The molecule has 3 heterocycles. The first-order valence-corrected chi connectivity index (χ1v) is 9.19. The normalized spacial score (nSPS) is 14.0. The van der Waals surface area contributed by atoms with Gasteiger partial charge in [-0.25, -0.2) is 9.97 Å². The highest BCUT2D eigenvalue weighted by Crippen LogP contribution is 2.23. The maximum absolute atomic E-state index is 12.8. The summed E-state index contributed by atoms with van der Waals surface area (Å²) < 4.78 is 5.33. The van der Waals surface area contributed by atoms with Gasteiger partial charge in [0.2, 0.25) is 5.95 Å². The van der Waals surface area contributed by atoms with Crippen molar-refractivity contribution in [2.24, 2.45) is 0 Å². The van der Waals surface area contributed by atoms with Gasteiger partial charge in [-0.3, -0.25) is 9.78 Å². The summed E-state index contributed by atoms with van der Waals surface area (Å²) in [4.78, 5) is 27.6. The SMILES string of the molecule is Cc1ccc(C(=O)N2CCOCC2)cc1Nc1nccc(-c2cccnc2)n1. The molecule has 142 valence electrons. The van der Waals surface area contributed by atoms with E-state index < -0.39 is 0 Å². The monoisotopic (exact) mass is 375 g/mol. The first-order valence-electron chi connectivity index (χ1n) is 9.19. The summed E-state index contributed by atoms with van der Waals surface area (Å²) in [6.45, 7) is 4.38. The van der Waals surface area contributed by atoms with Crippen molar-refractivity contribution in [3.8, 4) is 11.3 Å².